The number of esters is 3. The fourth-order valence-corrected chi connectivity index (χ4v) is 5.02. The number of hydrogen-bond acceptors (Lipinski definition) is 10. The van der Waals surface area contributed by atoms with Gasteiger partial charge in [0.25, 0.3) is 10.1 Å². The van der Waals surface area contributed by atoms with Crippen LogP contribution in [0.1, 0.15) is 49.9 Å². The summed E-state index contributed by atoms with van der Waals surface area (Å²) in [6, 6.07) is 6.36. The highest BCUT2D eigenvalue weighted by molar-refractivity contribution is 7.85. The van der Waals surface area contributed by atoms with E-state index in [1.165, 1.54) is 0 Å². The summed E-state index contributed by atoms with van der Waals surface area (Å²) in [6.45, 7) is -1.15. The minimum Gasteiger partial charge on any atom is -0.507 e. The predicted molar refractivity (Wildman–Crippen MR) is 166 cm³/mol. The van der Waals surface area contributed by atoms with Crippen molar-refractivity contribution < 1.29 is 64.9 Å². The molecule has 0 aliphatic rings. The molecule has 19 heteroatoms. The van der Waals surface area contributed by atoms with E-state index in [-0.39, 0.29) is 35.3 Å². The number of aromatic hydroxyl groups is 2. The van der Waals surface area contributed by atoms with Crippen molar-refractivity contribution in [3.8, 4) is 11.5 Å². The minimum atomic E-state index is -5.44. The predicted octanol–water partition coefficient (Wildman–Crippen LogP) is -0.988. The third-order valence-electron chi connectivity index (χ3n) is 7.14. The lowest BCUT2D eigenvalue weighted by Gasteiger charge is -2.29. The van der Waals surface area contributed by atoms with Gasteiger partial charge in [-0.25, -0.2) is 9.59 Å². The molecule has 45 heavy (non-hydrogen) atoms. The highest BCUT2D eigenvalue weighted by Crippen LogP contribution is 2.32. The van der Waals surface area contributed by atoms with Crippen molar-refractivity contribution in [1.29, 1.82) is 0 Å². The van der Waals surface area contributed by atoms with Gasteiger partial charge in [0.2, 0.25) is 6.10 Å². The Kier molecular flexibility index (Phi) is 12.6. The van der Waals surface area contributed by atoms with E-state index in [0.29, 0.717) is 34.9 Å². The molecule has 0 aromatic heterocycles. The molecule has 0 radical (unpaired) electrons. The molecule has 0 fully saturated rings. The van der Waals surface area contributed by atoms with E-state index < -0.39 is 64.7 Å². The van der Waals surface area contributed by atoms with Crippen molar-refractivity contribution in [1.82, 2.24) is 0 Å². The molecule has 11 nitrogen and oxygen atoms in total. The molecule has 0 heterocycles. The quantitative estimate of drug-likeness (QED) is 0.0989. The second-order valence-electron chi connectivity index (χ2n) is 10.5. The summed E-state index contributed by atoms with van der Waals surface area (Å²) in [6.07, 6.45) is -7.52. The Balaban J connectivity index is 2.50. The lowest BCUT2D eigenvalue weighted by Crippen LogP contribution is -2.46. The summed E-state index contributed by atoms with van der Waals surface area (Å²) < 4.78 is 87.2. The second-order valence-corrected chi connectivity index (χ2v) is 12.0. The van der Waals surface area contributed by atoms with Crippen LogP contribution in [-0.2, 0) is 54.4 Å². The molecule has 3 N–H and O–H groups in total. The molecule has 242 valence electrons. The minimum absolute atomic E-state index is 0.238. The molecule has 1 unspecified atom stereocenters. The van der Waals surface area contributed by atoms with Crippen molar-refractivity contribution in [3.63, 3.8) is 0 Å². The largest absolute Gasteiger partial charge is 0.507 e. The van der Waals surface area contributed by atoms with E-state index in [2.05, 4.69) is 4.74 Å². The van der Waals surface area contributed by atoms with Gasteiger partial charge in [-0.3, -0.25) is 9.35 Å². The maximum absolute atomic E-state index is 13.6. The van der Waals surface area contributed by atoms with E-state index in [1.807, 2.05) is 0 Å². The lowest BCUT2D eigenvalue weighted by molar-refractivity contribution is -0.222. The van der Waals surface area contributed by atoms with Gasteiger partial charge in [0, 0.05) is 0 Å². The Labute approximate surface area is 262 Å². The van der Waals surface area contributed by atoms with Gasteiger partial charge >= 0.3 is 24.1 Å². The first-order valence-corrected chi connectivity index (χ1v) is 15.7. The lowest BCUT2D eigenvalue weighted by atomic mass is 9.87. The number of ether oxygens (including phenoxy) is 3. The molecular formula is C26H33B4F3O11S. The zero-order valence-corrected chi connectivity index (χ0v) is 26.3. The number of benzene rings is 2. The second kappa shape index (κ2) is 15.1. The average molecular weight is 654 g/mol. The molecule has 2 aromatic carbocycles. The van der Waals surface area contributed by atoms with Gasteiger partial charge in [0.1, 0.15) is 78.4 Å². The molecule has 2 rings (SSSR count). The van der Waals surface area contributed by atoms with Gasteiger partial charge in [-0.15, -0.1) is 0 Å². The summed E-state index contributed by atoms with van der Waals surface area (Å²) in [7, 11) is 1.54. The number of phenols is 2. The van der Waals surface area contributed by atoms with Crippen molar-refractivity contribution in [2.24, 2.45) is 5.41 Å². The van der Waals surface area contributed by atoms with Gasteiger partial charge in [0.15, 0.2) is 0 Å². The van der Waals surface area contributed by atoms with Crippen LogP contribution in [0.3, 0.4) is 0 Å². The van der Waals surface area contributed by atoms with E-state index in [1.54, 1.807) is 55.7 Å². The first kappa shape index (κ1) is 37.6. The maximum Gasteiger partial charge on any atom is 0.426 e. The van der Waals surface area contributed by atoms with Gasteiger partial charge < -0.3 is 24.4 Å². The van der Waals surface area contributed by atoms with Crippen LogP contribution in [0.2, 0.25) is 0 Å². The van der Waals surface area contributed by atoms with Crippen LogP contribution in [0.5, 0.6) is 11.5 Å². The SMILES string of the molecule is BCc1ccc(CB)c(C(=O)OCC(C)(COC(=O)c2c(CB)ccc(CB)c2O)C(=O)OC(CS(=O)(=O)O)C(F)(F)F)c1O. The highest BCUT2D eigenvalue weighted by Gasteiger charge is 2.49. The van der Waals surface area contributed by atoms with E-state index in [9.17, 15) is 46.2 Å². The molecule has 0 bridgehead atoms. The van der Waals surface area contributed by atoms with E-state index in [4.69, 9.17) is 14.0 Å². The Morgan fingerprint density at radius 3 is 1.44 bits per heavy atom. The number of alkyl halides is 3. The Morgan fingerprint density at radius 1 is 0.778 bits per heavy atom. The van der Waals surface area contributed by atoms with Crippen molar-refractivity contribution in [3.05, 3.63) is 57.6 Å². The van der Waals surface area contributed by atoms with Crippen LogP contribution < -0.4 is 0 Å². The van der Waals surface area contributed by atoms with Crippen molar-refractivity contribution >= 4 is 59.4 Å². The number of rotatable bonds is 14. The van der Waals surface area contributed by atoms with Gasteiger partial charge in [0.05, 0.1) is 0 Å². The molecule has 0 saturated heterocycles. The molecule has 0 saturated carbocycles. The van der Waals surface area contributed by atoms with Crippen LogP contribution in [0, 0.1) is 5.41 Å². The van der Waals surface area contributed by atoms with Crippen LogP contribution in [0.15, 0.2) is 24.3 Å². The molecule has 0 spiro atoms. The number of halogens is 3. The van der Waals surface area contributed by atoms with Gasteiger partial charge in [-0.1, -0.05) is 49.5 Å². The smallest absolute Gasteiger partial charge is 0.426 e. The fourth-order valence-electron chi connectivity index (χ4n) is 4.38. The van der Waals surface area contributed by atoms with Crippen LogP contribution >= 0.6 is 0 Å². The summed E-state index contributed by atoms with van der Waals surface area (Å²) in [5.74, 6) is -6.86. The molecule has 0 amide bonds. The normalized spacial score (nSPS) is 12.7. The first-order chi connectivity index (χ1) is 20.8. The Morgan fingerprint density at radius 2 is 1.13 bits per heavy atom. The Bertz CT molecular complexity index is 1460. The van der Waals surface area contributed by atoms with Crippen LogP contribution in [-0.4, -0.2) is 104 Å². The zero-order chi connectivity index (χ0) is 34.3. The van der Waals surface area contributed by atoms with E-state index in [0.717, 1.165) is 6.92 Å². The fraction of sp³-hybridized carbons (Fsp3) is 0.423. The molecule has 0 aliphatic carbocycles. The van der Waals surface area contributed by atoms with Crippen molar-refractivity contribution in [2.75, 3.05) is 19.0 Å². The number of hydrogen-bond donors (Lipinski definition) is 3. The van der Waals surface area contributed by atoms with Crippen molar-refractivity contribution in [2.45, 2.75) is 44.5 Å². The summed E-state index contributed by atoms with van der Waals surface area (Å²) in [4.78, 5) is 39.5. The molecule has 1 atom stereocenters. The van der Waals surface area contributed by atoms with E-state index >= 15 is 0 Å². The zero-order valence-electron chi connectivity index (χ0n) is 25.5. The number of carbonyl (C=O) groups excluding carboxylic acids is 3. The first-order valence-electron chi connectivity index (χ1n) is 14.1. The Hall–Kier alpha value is -3.59. The van der Waals surface area contributed by atoms with Gasteiger partial charge in [-0.05, 0) is 29.2 Å². The molecule has 2 aromatic rings. The maximum atomic E-state index is 13.6. The van der Waals surface area contributed by atoms with Crippen LogP contribution in [0.4, 0.5) is 13.2 Å². The van der Waals surface area contributed by atoms with Gasteiger partial charge in [-0.2, -0.15) is 21.6 Å². The van der Waals surface area contributed by atoms with Crippen LogP contribution in [0.25, 0.3) is 0 Å². The molecular weight excluding hydrogens is 621 g/mol. The third kappa shape index (κ3) is 9.45. The standard InChI is InChI=1S/C26H33B4F3O11S/c1-25(24(38)44-17(26(31,32)33)10-45(39,40)41,11-42-22(36)18-13(6-27)2-4-15(8-29)20(18)34)12-43-23(37)19-14(7-28)3-5-16(9-30)21(19)35/h2-5,17,34-35H,6-12,27-30H2,1H3,(H,39,40,41). The summed E-state index contributed by atoms with van der Waals surface area (Å²) >= 11 is 0. The average Bonchev–Trinajstić information content (AvgIpc) is 2.96. The highest BCUT2D eigenvalue weighted by atomic mass is 32.2. The monoisotopic (exact) mass is 654 g/mol. The number of carbonyl (C=O) groups is 3. The molecule has 0 aliphatic heterocycles. The summed E-state index contributed by atoms with van der Waals surface area (Å²) in [5, 5.41) is 21.3. The topological polar surface area (TPSA) is 174 Å². The third-order valence-corrected chi connectivity index (χ3v) is 7.86. The number of phenolic OH excluding ortho intramolecular Hbond substituents is 2. The summed E-state index contributed by atoms with van der Waals surface area (Å²) in [5.41, 5.74) is -1.31.